The average molecular weight is 377 g/mol. The zero-order chi connectivity index (χ0) is 16.7. The average Bonchev–Trinajstić information content (AvgIpc) is 3.09. The van der Waals surface area contributed by atoms with E-state index in [4.69, 9.17) is 0 Å². The molecule has 9 heteroatoms. The molecular weight excluding hydrogens is 352 g/mol. The summed E-state index contributed by atoms with van der Waals surface area (Å²) < 4.78 is 26.2. The SMILES string of the molecule is CN=C(NCCS(=O)(=O)N1CCSCC1)NC(C)c1cccs1. The Bertz CT molecular complexity index is 596. The summed E-state index contributed by atoms with van der Waals surface area (Å²) in [6.07, 6.45) is 0. The Morgan fingerprint density at radius 2 is 2.17 bits per heavy atom. The van der Waals surface area contributed by atoms with Crippen molar-refractivity contribution >= 4 is 39.1 Å². The first-order valence-corrected chi connectivity index (χ1v) is 11.2. The summed E-state index contributed by atoms with van der Waals surface area (Å²) >= 11 is 3.48. The number of hydrogen-bond acceptors (Lipinski definition) is 5. The standard InChI is InChI=1S/C14H24N4O2S3/c1-12(13-4-3-8-22-13)17-14(15-2)16-5-11-23(19,20)18-6-9-21-10-7-18/h3-4,8,12H,5-7,9-11H2,1-2H3,(H2,15,16,17). The second kappa shape index (κ2) is 8.91. The molecule has 0 aliphatic carbocycles. The van der Waals surface area contributed by atoms with Crippen LogP contribution >= 0.6 is 23.1 Å². The number of nitrogens with one attached hydrogen (secondary N) is 2. The van der Waals surface area contributed by atoms with Gasteiger partial charge in [0.1, 0.15) is 0 Å². The molecule has 130 valence electrons. The van der Waals surface area contributed by atoms with Gasteiger partial charge in [0.25, 0.3) is 0 Å². The number of hydrogen-bond donors (Lipinski definition) is 2. The Morgan fingerprint density at radius 3 is 2.78 bits per heavy atom. The summed E-state index contributed by atoms with van der Waals surface area (Å²) in [7, 11) is -1.49. The van der Waals surface area contributed by atoms with Crippen molar-refractivity contribution in [1.29, 1.82) is 0 Å². The fraction of sp³-hybridized carbons (Fsp3) is 0.643. The normalized spacial score (nSPS) is 18.6. The van der Waals surface area contributed by atoms with Crippen LogP contribution in [0.15, 0.2) is 22.5 Å². The Morgan fingerprint density at radius 1 is 1.43 bits per heavy atom. The van der Waals surface area contributed by atoms with Crippen LogP contribution in [-0.4, -0.2) is 62.6 Å². The first-order chi connectivity index (χ1) is 11.0. The number of thiophene rings is 1. The molecule has 2 rings (SSSR count). The molecule has 1 aliphatic rings. The molecule has 0 radical (unpaired) electrons. The second-order valence-corrected chi connectivity index (χ2v) is 9.50. The van der Waals surface area contributed by atoms with Crippen molar-refractivity contribution in [3.63, 3.8) is 0 Å². The van der Waals surface area contributed by atoms with E-state index in [1.165, 1.54) is 4.88 Å². The van der Waals surface area contributed by atoms with E-state index in [1.807, 2.05) is 11.4 Å². The lowest BCUT2D eigenvalue weighted by atomic mass is 10.3. The first-order valence-electron chi connectivity index (χ1n) is 7.59. The molecule has 1 unspecified atom stereocenters. The molecule has 0 saturated carbocycles. The predicted molar refractivity (Wildman–Crippen MR) is 99.9 cm³/mol. The third-order valence-electron chi connectivity index (χ3n) is 3.56. The molecule has 1 saturated heterocycles. The largest absolute Gasteiger partial charge is 0.355 e. The van der Waals surface area contributed by atoms with Gasteiger partial charge in [-0.3, -0.25) is 4.99 Å². The van der Waals surface area contributed by atoms with Gasteiger partial charge >= 0.3 is 0 Å². The van der Waals surface area contributed by atoms with E-state index in [0.29, 0.717) is 25.6 Å². The highest BCUT2D eigenvalue weighted by atomic mass is 32.2. The minimum atomic E-state index is -3.18. The summed E-state index contributed by atoms with van der Waals surface area (Å²) in [5, 5.41) is 8.40. The lowest BCUT2D eigenvalue weighted by molar-refractivity contribution is 0.443. The molecule has 23 heavy (non-hydrogen) atoms. The molecular formula is C14H24N4O2S3. The smallest absolute Gasteiger partial charge is 0.215 e. The van der Waals surface area contributed by atoms with Crippen LogP contribution in [0.1, 0.15) is 17.8 Å². The maximum absolute atomic E-state index is 12.3. The van der Waals surface area contributed by atoms with Crippen LogP contribution in [0.5, 0.6) is 0 Å². The molecule has 0 bridgehead atoms. The van der Waals surface area contributed by atoms with Crippen LogP contribution in [0, 0.1) is 0 Å². The van der Waals surface area contributed by atoms with Crippen LogP contribution in [0.25, 0.3) is 0 Å². The van der Waals surface area contributed by atoms with Crippen molar-refractivity contribution in [2.45, 2.75) is 13.0 Å². The Labute approximate surface area is 146 Å². The van der Waals surface area contributed by atoms with Gasteiger partial charge in [-0.2, -0.15) is 11.8 Å². The zero-order valence-electron chi connectivity index (χ0n) is 13.5. The lowest BCUT2D eigenvalue weighted by Crippen LogP contribution is -2.44. The van der Waals surface area contributed by atoms with Crippen molar-refractivity contribution in [1.82, 2.24) is 14.9 Å². The van der Waals surface area contributed by atoms with Crippen molar-refractivity contribution in [2.24, 2.45) is 4.99 Å². The number of nitrogens with zero attached hydrogens (tertiary/aromatic N) is 2. The fourth-order valence-electron chi connectivity index (χ4n) is 2.26. The van der Waals surface area contributed by atoms with Crippen molar-refractivity contribution in [3.8, 4) is 0 Å². The van der Waals surface area contributed by atoms with Gasteiger partial charge in [0, 0.05) is 43.1 Å². The van der Waals surface area contributed by atoms with Gasteiger partial charge in [-0.25, -0.2) is 12.7 Å². The third-order valence-corrected chi connectivity index (χ3v) is 7.43. The van der Waals surface area contributed by atoms with Gasteiger partial charge < -0.3 is 10.6 Å². The van der Waals surface area contributed by atoms with E-state index in [-0.39, 0.29) is 11.8 Å². The zero-order valence-corrected chi connectivity index (χ0v) is 15.9. The highest BCUT2D eigenvalue weighted by Gasteiger charge is 2.23. The van der Waals surface area contributed by atoms with Crippen molar-refractivity contribution in [2.75, 3.05) is 43.9 Å². The quantitative estimate of drug-likeness (QED) is 0.579. The highest BCUT2D eigenvalue weighted by Crippen LogP contribution is 2.17. The third kappa shape index (κ3) is 5.66. The molecule has 1 aromatic rings. The van der Waals surface area contributed by atoms with Gasteiger partial charge in [-0.15, -0.1) is 11.3 Å². The van der Waals surface area contributed by atoms with E-state index in [0.717, 1.165) is 11.5 Å². The van der Waals surface area contributed by atoms with E-state index in [1.54, 1.807) is 34.5 Å². The molecule has 0 spiro atoms. The molecule has 1 atom stereocenters. The number of rotatable bonds is 6. The van der Waals surface area contributed by atoms with Gasteiger partial charge in [0.05, 0.1) is 11.8 Å². The summed E-state index contributed by atoms with van der Waals surface area (Å²) in [5.74, 6) is 2.48. The van der Waals surface area contributed by atoms with Gasteiger partial charge in [-0.1, -0.05) is 6.07 Å². The summed E-state index contributed by atoms with van der Waals surface area (Å²) in [4.78, 5) is 5.37. The molecule has 1 aliphatic heterocycles. The topological polar surface area (TPSA) is 73.8 Å². The predicted octanol–water partition coefficient (Wildman–Crippen LogP) is 1.35. The van der Waals surface area contributed by atoms with Gasteiger partial charge in [0.15, 0.2) is 5.96 Å². The minimum absolute atomic E-state index is 0.0890. The highest BCUT2D eigenvalue weighted by molar-refractivity contribution is 7.99. The van der Waals surface area contributed by atoms with Crippen molar-refractivity contribution < 1.29 is 8.42 Å². The Balaban J connectivity index is 1.79. The van der Waals surface area contributed by atoms with E-state index >= 15 is 0 Å². The number of guanidine groups is 1. The van der Waals surface area contributed by atoms with Gasteiger partial charge in [-0.05, 0) is 18.4 Å². The van der Waals surface area contributed by atoms with Crippen LogP contribution in [-0.2, 0) is 10.0 Å². The molecule has 2 N–H and O–H groups in total. The Kier molecular flexibility index (Phi) is 7.19. The molecule has 1 fully saturated rings. The lowest BCUT2D eigenvalue weighted by Gasteiger charge is -2.25. The van der Waals surface area contributed by atoms with E-state index in [2.05, 4.69) is 28.6 Å². The summed E-state index contributed by atoms with van der Waals surface area (Å²) in [6.45, 7) is 3.65. The van der Waals surface area contributed by atoms with Crippen LogP contribution < -0.4 is 10.6 Å². The number of sulfonamides is 1. The minimum Gasteiger partial charge on any atom is -0.355 e. The first kappa shape index (κ1) is 18.6. The van der Waals surface area contributed by atoms with E-state index < -0.39 is 10.0 Å². The monoisotopic (exact) mass is 376 g/mol. The molecule has 6 nitrogen and oxygen atoms in total. The molecule has 0 amide bonds. The molecule has 2 heterocycles. The molecule has 0 aromatic carbocycles. The van der Waals surface area contributed by atoms with Crippen LogP contribution in [0.4, 0.5) is 0 Å². The van der Waals surface area contributed by atoms with Crippen LogP contribution in [0.3, 0.4) is 0 Å². The van der Waals surface area contributed by atoms with Crippen molar-refractivity contribution in [3.05, 3.63) is 22.4 Å². The molecule has 1 aromatic heterocycles. The number of thioether (sulfide) groups is 1. The second-order valence-electron chi connectivity index (χ2n) is 5.21. The Hall–Kier alpha value is -0.770. The van der Waals surface area contributed by atoms with Gasteiger partial charge in [0.2, 0.25) is 10.0 Å². The maximum Gasteiger partial charge on any atom is 0.215 e. The van der Waals surface area contributed by atoms with E-state index in [9.17, 15) is 8.42 Å². The summed E-state index contributed by atoms with van der Waals surface area (Å²) in [5.41, 5.74) is 0. The summed E-state index contributed by atoms with van der Waals surface area (Å²) in [6, 6.07) is 4.21. The van der Waals surface area contributed by atoms with Crippen LogP contribution in [0.2, 0.25) is 0 Å². The maximum atomic E-state index is 12.3. The fourth-order valence-corrected chi connectivity index (χ4v) is 5.49. The number of aliphatic imine (C=N–C) groups is 1.